The Morgan fingerprint density at radius 2 is 1.52 bits per heavy atom. The van der Waals surface area contributed by atoms with Gasteiger partial charge in [0, 0.05) is 34.2 Å². The van der Waals surface area contributed by atoms with E-state index in [1.165, 1.54) is 23.1 Å². The van der Waals surface area contributed by atoms with E-state index in [2.05, 4.69) is 20.9 Å². The van der Waals surface area contributed by atoms with Gasteiger partial charge < -0.3 is 16.0 Å². The second kappa shape index (κ2) is 14.1. The molecule has 208 valence electrons. The Bertz CT molecular complexity index is 1680. The van der Waals surface area contributed by atoms with E-state index < -0.39 is 11.2 Å². The van der Waals surface area contributed by atoms with Gasteiger partial charge in [0.25, 0.3) is 11.8 Å². The van der Waals surface area contributed by atoms with Crippen LogP contribution in [0.15, 0.2) is 137 Å². The van der Waals surface area contributed by atoms with E-state index in [0.29, 0.717) is 16.9 Å². The van der Waals surface area contributed by atoms with Crippen LogP contribution in [0.1, 0.15) is 26.7 Å². The Morgan fingerprint density at radius 1 is 0.786 bits per heavy atom. The lowest BCUT2D eigenvalue weighted by atomic mass is 10.1. The predicted molar refractivity (Wildman–Crippen MR) is 169 cm³/mol. The van der Waals surface area contributed by atoms with Gasteiger partial charge in [0.05, 0.1) is 0 Å². The Balaban J connectivity index is 1.35. The Kier molecular flexibility index (Phi) is 9.56. The van der Waals surface area contributed by atoms with Crippen LogP contribution in [0.25, 0.3) is 6.08 Å². The van der Waals surface area contributed by atoms with Crippen LogP contribution >= 0.6 is 23.1 Å². The fourth-order valence-corrected chi connectivity index (χ4v) is 5.69. The number of carbonyl (C=O) groups excluding carboxylic acids is 3. The first-order chi connectivity index (χ1) is 20.5. The molecule has 0 fully saturated rings. The summed E-state index contributed by atoms with van der Waals surface area (Å²) >= 11 is 2.86. The van der Waals surface area contributed by atoms with Crippen LogP contribution in [0.5, 0.6) is 0 Å². The molecule has 42 heavy (non-hydrogen) atoms. The summed E-state index contributed by atoms with van der Waals surface area (Å²) in [5, 5.41) is 11.8. The van der Waals surface area contributed by atoms with E-state index in [4.69, 9.17) is 0 Å². The zero-order valence-electron chi connectivity index (χ0n) is 22.3. The lowest BCUT2D eigenvalue weighted by molar-refractivity contribution is -0.116. The minimum Gasteiger partial charge on any atom is -0.325 e. The highest BCUT2D eigenvalue weighted by Crippen LogP contribution is 2.37. The average molecular weight is 591 g/mol. The molecule has 0 aliphatic rings. The number of benzene rings is 3. The van der Waals surface area contributed by atoms with E-state index in [0.717, 1.165) is 16.0 Å². The van der Waals surface area contributed by atoms with Gasteiger partial charge in [-0.1, -0.05) is 54.6 Å². The van der Waals surface area contributed by atoms with E-state index >= 15 is 0 Å². The molecule has 9 heteroatoms. The molecule has 0 bridgehead atoms. The van der Waals surface area contributed by atoms with E-state index in [1.807, 2.05) is 65.4 Å². The van der Waals surface area contributed by atoms with Crippen LogP contribution in [0, 0.1) is 0 Å². The molecule has 3 aromatic carbocycles. The van der Waals surface area contributed by atoms with Gasteiger partial charge in [0.1, 0.15) is 10.9 Å². The molecule has 5 aromatic rings. The second-order valence-electron chi connectivity index (χ2n) is 9.05. The Morgan fingerprint density at radius 3 is 2.24 bits per heavy atom. The largest absolute Gasteiger partial charge is 0.325 e. The molecule has 0 spiro atoms. The van der Waals surface area contributed by atoms with Crippen molar-refractivity contribution in [1.82, 2.24) is 10.3 Å². The van der Waals surface area contributed by atoms with Crippen LogP contribution in [-0.4, -0.2) is 22.7 Å². The van der Waals surface area contributed by atoms with Gasteiger partial charge in [-0.2, -0.15) is 11.3 Å². The summed E-state index contributed by atoms with van der Waals surface area (Å²) in [6, 6.07) is 30.8. The quantitative estimate of drug-likeness (QED) is 0.120. The SMILES string of the molecule is O=C(Nc1cccc(SC(C(=O)Nc2ccncc2)c2ccccc2)c1)/C(=C/c1ccsc1)NC(=O)c1ccccc1. The number of thioether (sulfide) groups is 1. The van der Waals surface area contributed by atoms with Crippen molar-refractivity contribution >= 4 is 58.3 Å². The number of carbonyl (C=O) groups is 3. The minimum absolute atomic E-state index is 0.110. The van der Waals surface area contributed by atoms with Crippen molar-refractivity contribution in [3.8, 4) is 0 Å². The summed E-state index contributed by atoms with van der Waals surface area (Å²) in [4.78, 5) is 44.4. The van der Waals surface area contributed by atoms with Crippen molar-refractivity contribution in [2.45, 2.75) is 10.1 Å². The number of anilines is 2. The standard InChI is InChI=1S/C33H26N4O3S2/c38-31(25-10-5-2-6-11-25)37-29(20-23-16-19-41-22-23)32(39)36-27-12-7-13-28(21-27)42-30(24-8-3-1-4-9-24)33(40)35-26-14-17-34-18-15-26/h1-22,30H,(H,36,39)(H,37,38)(H,34,35,40)/b29-20-. The normalized spacial score (nSPS) is 11.8. The third-order valence-corrected chi connectivity index (χ3v) is 7.97. The maximum Gasteiger partial charge on any atom is 0.272 e. The highest BCUT2D eigenvalue weighted by molar-refractivity contribution is 8.00. The topological polar surface area (TPSA) is 100 Å². The number of nitrogens with zero attached hydrogens (tertiary/aromatic N) is 1. The lowest BCUT2D eigenvalue weighted by Gasteiger charge is -2.18. The van der Waals surface area contributed by atoms with Crippen molar-refractivity contribution in [2.24, 2.45) is 0 Å². The molecular formula is C33H26N4O3S2. The van der Waals surface area contributed by atoms with Crippen LogP contribution in [-0.2, 0) is 9.59 Å². The van der Waals surface area contributed by atoms with Gasteiger partial charge in [-0.3, -0.25) is 19.4 Å². The van der Waals surface area contributed by atoms with Crippen LogP contribution < -0.4 is 16.0 Å². The molecule has 1 unspecified atom stereocenters. The maximum absolute atomic E-state index is 13.4. The number of amides is 3. The van der Waals surface area contributed by atoms with Crippen LogP contribution in [0.4, 0.5) is 11.4 Å². The van der Waals surface area contributed by atoms with Crippen LogP contribution in [0.3, 0.4) is 0 Å². The lowest BCUT2D eigenvalue weighted by Crippen LogP contribution is -2.30. The fourth-order valence-electron chi connectivity index (χ4n) is 3.99. The molecule has 2 heterocycles. The van der Waals surface area contributed by atoms with Crippen molar-refractivity contribution in [3.63, 3.8) is 0 Å². The van der Waals surface area contributed by atoms with Gasteiger partial charge in [0.2, 0.25) is 5.91 Å². The summed E-state index contributed by atoms with van der Waals surface area (Å²) in [7, 11) is 0. The number of aromatic nitrogens is 1. The first-order valence-corrected chi connectivity index (χ1v) is 14.8. The molecule has 3 amide bonds. The molecule has 7 nitrogen and oxygen atoms in total. The number of hydrogen-bond donors (Lipinski definition) is 3. The molecule has 5 rings (SSSR count). The Hall–Kier alpha value is -4.99. The Labute approximate surface area is 251 Å². The number of nitrogens with one attached hydrogen (secondary N) is 3. The predicted octanol–water partition coefficient (Wildman–Crippen LogP) is 7.02. The molecule has 0 saturated carbocycles. The molecule has 3 N–H and O–H groups in total. The summed E-state index contributed by atoms with van der Waals surface area (Å²) < 4.78 is 0. The smallest absolute Gasteiger partial charge is 0.272 e. The van der Waals surface area contributed by atoms with Gasteiger partial charge in [-0.25, -0.2) is 0 Å². The summed E-state index contributed by atoms with van der Waals surface area (Å²) in [5.74, 6) is -1.04. The van der Waals surface area contributed by atoms with Gasteiger partial charge in [-0.15, -0.1) is 11.8 Å². The van der Waals surface area contributed by atoms with Crippen molar-refractivity contribution in [1.29, 1.82) is 0 Å². The number of thiophene rings is 1. The zero-order valence-corrected chi connectivity index (χ0v) is 23.9. The number of rotatable bonds is 10. The number of pyridine rings is 1. The highest BCUT2D eigenvalue weighted by Gasteiger charge is 2.23. The minimum atomic E-state index is -0.551. The van der Waals surface area contributed by atoms with Crippen LogP contribution in [0.2, 0.25) is 0 Å². The zero-order chi connectivity index (χ0) is 29.1. The second-order valence-corrected chi connectivity index (χ2v) is 11.0. The molecule has 1 atom stereocenters. The first kappa shape index (κ1) is 28.5. The van der Waals surface area contributed by atoms with Gasteiger partial charge in [-0.05, 0) is 76.5 Å². The van der Waals surface area contributed by atoms with E-state index in [1.54, 1.807) is 67.0 Å². The molecular weight excluding hydrogens is 565 g/mol. The third-order valence-electron chi connectivity index (χ3n) is 6.02. The van der Waals surface area contributed by atoms with E-state index in [-0.39, 0.29) is 17.5 Å². The van der Waals surface area contributed by atoms with Crippen molar-refractivity contribution in [3.05, 3.63) is 149 Å². The fraction of sp³-hybridized carbons (Fsp3) is 0.0303. The summed E-state index contributed by atoms with van der Waals surface area (Å²) in [6.07, 6.45) is 4.88. The summed E-state index contributed by atoms with van der Waals surface area (Å²) in [6.45, 7) is 0. The summed E-state index contributed by atoms with van der Waals surface area (Å²) in [5.41, 5.74) is 3.37. The average Bonchev–Trinajstić information content (AvgIpc) is 3.54. The molecule has 0 aliphatic carbocycles. The van der Waals surface area contributed by atoms with Gasteiger partial charge >= 0.3 is 0 Å². The molecule has 0 radical (unpaired) electrons. The van der Waals surface area contributed by atoms with Crippen molar-refractivity contribution in [2.75, 3.05) is 10.6 Å². The molecule has 2 aromatic heterocycles. The highest BCUT2D eigenvalue weighted by atomic mass is 32.2. The molecule has 0 aliphatic heterocycles. The third kappa shape index (κ3) is 7.81. The number of hydrogen-bond acceptors (Lipinski definition) is 6. The maximum atomic E-state index is 13.4. The monoisotopic (exact) mass is 590 g/mol. The molecule has 0 saturated heterocycles. The van der Waals surface area contributed by atoms with E-state index in [9.17, 15) is 14.4 Å². The first-order valence-electron chi connectivity index (χ1n) is 13.0. The van der Waals surface area contributed by atoms with Gasteiger partial charge in [0.15, 0.2) is 0 Å². The van der Waals surface area contributed by atoms with Crippen molar-refractivity contribution < 1.29 is 14.4 Å².